The van der Waals surface area contributed by atoms with Gasteiger partial charge in [-0.05, 0) is 36.1 Å². The van der Waals surface area contributed by atoms with Crippen LogP contribution in [0.1, 0.15) is 23.6 Å². The molecule has 1 amide bonds. The molecule has 0 bridgehead atoms. The standard InChI is InChI=1S/C19H21NO2S/c1-2-22-13-16-9-4-3-8-15(16)12-20-19(21)18-11-14-7-5-6-10-17(14)23-18/h3-10,18H,2,11-13H2,1H3,(H,20,21)/t18-/m0/s1. The highest BCUT2D eigenvalue weighted by molar-refractivity contribution is 8.01. The summed E-state index contributed by atoms with van der Waals surface area (Å²) in [6.07, 6.45) is 0.813. The van der Waals surface area contributed by atoms with E-state index < -0.39 is 0 Å². The second-order valence-electron chi connectivity index (χ2n) is 5.54. The van der Waals surface area contributed by atoms with Crippen LogP contribution in [0.15, 0.2) is 53.4 Å². The number of hydrogen-bond acceptors (Lipinski definition) is 3. The van der Waals surface area contributed by atoms with Crippen molar-refractivity contribution in [3.63, 3.8) is 0 Å². The molecule has 0 unspecified atom stereocenters. The Morgan fingerprint density at radius 2 is 1.91 bits per heavy atom. The van der Waals surface area contributed by atoms with E-state index in [0.717, 1.165) is 17.5 Å². The van der Waals surface area contributed by atoms with Crippen molar-refractivity contribution in [1.82, 2.24) is 5.32 Å². The number of nitrogens with one attached hydrogen (secondary N) is 1. The van der Waals surface area contributed by atoms with Crippen LogP contribution in [-0.4, -0.2) is 17.8 Å². The molecule has 3 rings (SSSR count). The fraction of sp³-hybridized carbons (Fsp3) is 0.316. The van der Waals surface area contributed by atoms with E-state index in [1.165, 1.54) is 10.5 Å². The Morgan fingerprint density at radius 1 is 1.17 bits per heavy atom. The van der Waals surface area contributed by atoms with Crippen molar-refractivity contribution >= 4 is 17.7 Å². The first-order valence-electron chi connectivity index (χ1n) is 7.94. The maximum Gasteiger partial charge on any atom is 0.234 e. The molecule has 1 aliphatic heterocycles. The molecule has 120 valence electrons. The lowest BCUT2D eigenvalue weighted by molar-refractivity contribution is -0.120. The van der Waals surface area contributed by atoms with Crippen LogP contribution in [0.5, 0.6) is 0 Å². The maximum absolute atomic E-state index is 12.4. The van der Waals surface area contributed by atoms with Crippen molar-refractivity contribution < 1.29 is 9.53 Å². The lowest BCUT2D eigenvalue weighted by Crippen LogP contribution is -2.32. The maximum atomic E-state index is 12.4. The smallest absolute Gasteiger partial charge is 0.234 e. The molecule has 1 atom stereocenters. The fourth-order valence-electron chi connectivity index (χ4n) is 2.71. The number of carbonyl (C=O) groups excluding carboxylic acids is 1. The molecular weight excluding hydrogens is 306 g/mol. The zero-order valence-electron chi connectivity index (χ0n) is 13.2. The molecule has 0 saturated carbocycles. The molecular formula is C19H21NO2S. The van der Waals surface area contributed by atoms with Crippen LogP contribution in [0.25, 0.3) is 0 Å². The highest BCUT2D eigenvalue weighted by Crippen LogP contribution is 2.36. The molecule has 0 fully saturated rings. The third-order valence-electron chi connectivity index (χ3n) is 3.97. The molecule has 0 aromatic heterocycles. The van der Waals surface area contributed by atoms with Gasteiger partial charge < -0.3 is 10.1 Å². The molecule has 3 nitrogen and oxygen atoms in total. The lowest BCUT2D eigenvalue weighted by Gasteiger charge is -2.13. The molecule has 4 heteroatoms. The Hall–Kier alpha value is -1.78. The van der Waals surface area contributed by atoms with Gasteiger partial charge in [0.2, 0.25) is 5.91 Å². The monoisotopic (exact) mass is 327 g/mol. The van der Waals surface area contributed by atoms with E-state index in [-0.39, 0.29) is 11.2 Å². The second-order valence-corrected chi connectivity index (χ2v) is 6.79. The molecule has 0 radical (unpaired) electrons. The number of hydrogen-bond donors (Lipinski definition) is 1. The van der Waals surface area contributed by atoms with Crippen LogP contribution in [0.3, 0.4) is 0 Å². The average Bonchev–Trinajstić information content (AvgIpc) is 3.02. The number of amides is 1. The first kappa shape index (κ1) is 16.1. The number of fused-ring (bicyclic) bond motifs is 1. The predicted molar refractivity (Wildman–Crippen MR) is 93.4 cm³/mol. The molecule has 1 heterocycles. The highest BCUT2D eigenvalue weighted by Gasteiger charge is 2.27. The van der Waals surface area contributed by atoms with Crippen LogP contribution in [0.4, 0.5) is 0 Å². The number of rotatable bonds is 6. The van der Waals surface area contributed by atoms with E-state index in [0.29, 0.717) is 19.8 Å². The van der Waals surface area contributed by atoms with Crippen LogP contribution < -0.4 is 5.32 Å². The molecule has 23 heavy (non-hydrogen) atoms. The van der Waals surface area contributed by atoms with Gasteiger partial charge in [0.05, 0.1) is 11.9 Å². The van der Waals surface area contributed by atoms with Crippen molar-refractivity contribution in [2.24, 2.45) is 0 Å². The van der Waals surface area contributed by atoms with E-state index in [1.54, 1.807) is 11.8 Å². The van der Waals surface area contributed by atoms with Crippen molar-refractivity contribution in [2.75, 3.05) is 6.61 Å². The van der Waals surface area contributed by atoms with Crippen molar-refractivity contribution in [2.45, 2.75) is 36.6 Å². The minimum absolute atomic E-state index is 0.0218. The SMILES string of the molecule is CCOCc1ccccc1CNC(=O)[C@@H]1Cc2ccccc2S1. The highest BCUT2D eigenvalue weighted by atomic mass is 32.2. The lowest BCUT2D eigenvalue weighted by atomic mass is 10.1. The first-order chi connectivity index (χ1) is 11.3. The van der Waals surface area contributed by atoms with Gasteiger partial charge in [0, 0.05) is 18.0 Å². The molecule has 2 aromatic rings. The van der Waals surface area contributed by atoms with Gasteiger partial charge in [-0.1, -0.05) is 42.5 Å². The summed E-state index contributed by atoms with van der Waals surface area (Å²) < 4.78 is 5.49. The van der Waals surface area contributed by atoms with Crippen molar-refractivity contribution in [1.29, 1.82) is 0 Å². The molecule has 2 aromatic carbocycles. The Balaban J connectivity index is 1.58. The zero-order chi connectivity index (χ0) is 16.1. The van der Waals surface area contributed by atoms with E-state index in [1.807, 2.05) is 37.3 Å². The molecule has 0 saturated heterocycles. The van der Waals surface area contributed by atoms with E-state index in [4.69, 9.17) is 4.74 Å². The number of benzene rings is 2. The van der Waals surface area contributed by atoms with Gasteiger partial charge in [0.15, 0.2) is 0 Å². The van der Waals surface area contributed by atoms with Gasteiger partial charge in [-0.25, -0.2) is 0 Å². The second kappa shape index (κ2) is 7.66. The summed E-state index contributed by atoms with van der Waals surface area (Å²) >= 11 is 1.66. The molecule has 0 aliphatic carbocycles. The van der Waals surface area contributed by atoms with Crippen LogP contribution in [0.2, 0.25) is 0 Å². The van der Waals surface area contributed by atoms with Gasteiger partial charge in [0.1, 0.15) is 0 Å². The normalized spacial score (nSPS) is 16.1. The topological polar surface area (TPSA) is 38.3 Å². The summed E-state index contributed by atoms with van der Waals surface area (Å²) in [6.45, 7) is 3.82. The Kier molecular flexibility index (Phi) is 5.36. The number of thioether (sulfide) groups is 1. The van der Waals surface area contributed by atoms with Crippen LogP contribution in [-0.2, 0) is 29.1 Å². The largest absolute Gasteiger partial charge is 0.377 e. The molecule has 1 N–H and O–H groups in total. The first-order valence-corrected chi connectivity index (χ1v) is 8.82. The van der Waals surface area contributed by atoms with E-state index >= 15 is 0 Å². The van der Waals surface area contributed by atoms with Crippen molar-refractivity contribution in [3.8, 4) is 0 Å². The summed E-state index contributed by atoms with van der Waals surface area (Å²) in [5.74, 6) is 0.109. The minimum Gasteiger partial charge on any atom is -0.377 e. The third-order valence-corrected chi connectivity index (χ3v) is 5.29. The molecule has 0 spiro atoms. The van der Waals surface area contributed by atoms with Gasteiger partial charge in [-0.15, -0.1) is 11.8 Å². The quantitative estimate of drug-likeness (QED) is 0.882. The Morgan fingerprint density at radius 3 is 2.70 bits per heavy atom. The molecule has 1 aliphatic rings. The fourth-order valence-corrected chi connectivity index (χ4v) is 3.93. The number of ether oxygens (including phenoxy) is 1. The van der Waals surface area contributed by atoms with Gasteiger partial charge in [-0.2, -0.15) is 0 Å². The van der Waals surface area contributed by atoms with E-state index in [2.05, 4.69) is 23.5 Å². The Bertz CT molecular complexity index is 662. The summed E-state index contributed by atoms with van der Waals surface area (Å²) in [4.78, 5) is 13.7. The van der Waals surface area contributed by atoms with E-state index in [9.17, 15) is 4.79 Å². The Labute approximate surface area is 141 Å². The summed E-state index contributed by atoms with van der Waals surface area (Å²) in [7, 11) is 0. The van der Waals surface area contributed by atoms with Gasteiger partial charge in [-0.3, -0.25) is 4.79 Å². The number of carbonyl (C=O) groups is 1. The summed E-state index contributed by atoms with van der Waals surface area (Å²) in [6, 6.07) is 16.3. The predicted octanol–water partition coefficient (Wildman–Crippen LogP) is 3.56. The summed E-state index contributed by atoms with van der Waals surface area (Å²) in [5, 5.41) is 3.06. The van der Waals surface area contributed by atoms with Gasteiger partial charge in [0.25, 0.3) is 0 Å². The minimum atomic E-state index is -0.0218. The van der Waals surface area contributed by atoms with Crippen molar-refractivity contribution in [3.05, 3.63) is 65.2 Å². The summed E-state index contributed by atoms with van der Waals surface area (Å²) in [5.41, 5.74) is 3.53. The van der Waals surface area contributed by atoms with Gasteiger partial charge >= 0.3 is 0 Å². The van der Waals surface area contributed by atoms with Crippen LogP contribution in [0, 0.1) is 0 Å². The average molecular weight is 327 g/mol. The third kappa shape index (κ3) is 3.95. The zero-order valence-corrected chi connectivity index (χ0v) is 14.1. The van der Waals surface area contributed by atoms with Crippen LogP contribution >= 0.6 is 11.8 Å².